The summed E-state index contributed by atoms with van der Waals surface area (Å²) < 4.78 is 30.3. The van der Waals surface area contributed by atoms with Crippen LogP contribution in [0.2, 0.25) is 0 Å². The summed E-state index contributed by atoms with van der Waals surface area (Å²) in [5, 5.41) is 6.04. The zero-order valence-corrected chi connectivity index (χ0v) is 16.4. The second-order valence-electron chi connectivity index (χ2n) is 6.50. The number of allylic oxidation sites excluding steroid dienone is 5. The van der Waals surface area contributed by atoms with Crippen LogP contribution in [0.3, 0.4) is 0 Å². The Hall–Kier alpha value is -4.01. The van der Waals surface area contributed by atoms with Crippen LogP contribution in [0.1, 0.15) is 6.42 Å². The summed E-state index contributed by atoms with van der Waals surface area (Å²) in [5.74, 6) is 1.55. The van der Waals surface area contributed by atoms with Crippen molar-refractivity contribution in [2.75, 3.05) is 24.9 Å². The number of ether oxygens (including phenoxy) is 3. The first-order valence-electron chi connectivity index (χ1n) is 9.08. The maximum atomic E-state index is 14.3. The van der Waals surface area contributed by atoms with Gasteiger partial charge in [0.05, 0.1) is 26.7 Å². The van der Waals surface area contributed by atoms with Crippen molar-refractivity contribution >= 4 is 17.5 Å². The van der Waals surface area contributed by atoms with E-state index in [1.165, 1.54) is 6.26 Å². The average Bonchev–Trinajstić information content (AvgIpc) is 2.76. The van der Waals surface area contributed by atoms with Crippen LogP contribution in [0.15, 0.2) is 71.6 Å². The maximum Gasteiger partial charge on any atom is 0.229 e. The van der Waals surface area contributed by atoms with Crippen molar-refractivity contribution in [1.82, 2.24) is 9.97 Å². The van der Waals surface area contributed by atoms with E-state index >= 15 is 0 Å². The van der Waals surface area contributed by atoms with Crippen molar-refractivity contribution in [3.05, 3.63) is 77.4 Å². The Kier molecular flexibility index (Phi) is 5.25. The monoisotopic (exact) mass is 409 g/mol. The van der Waals surface area contributed by atoms with Crippen LogP contribution in [-0.2, 0) is 4.74 Å². The Balaban J connectivity index is 1.55. The fourth-order valence-electron chi connectivity index (χ4n) is 3.01. The van der Waals surface area contributed by atoms with Crippen molar-refractivity contribution < 1.29 is 18.6 Å². The molecule has 1 aromatic carbocycles. The third-order valence-electron chi connectivity index (χ3n) is 4.52. The zero-order valence-electron chi connectivity index (χ0n) is 16.4. The maximum absolute atomic E-state index is 14.3. The van der Waals surface area contributed by atoms with E-state index in [2.05, 4.69) is 20.6 Å². The average molecular weight is 409 g/mol. The van der Waals surface area contributed by atoms with E-state index in [0.717, 1.165) is 17.5 Å². The van der Waals surface area contributed by atoms with Gasteiger partial charge >= 0.3 is 0 Å². The molecule has 2 aliphatic rings. The summed E-state index contributed by atoms with van der Waals surface area (Å²) in [6.07, 6.45) is 8.35. The summed E-state index contributed by atoms with van der Waals surface area (Å²) in [7, 11) is 3.12. The molecular formula is C21H20FN5O3. The minimum Gasteiger partial charge on any atom is -0.497 e. The Morgan fingerprint density at radius 1 is 1.10 bits per heavy atom. The number of nitrogens with one attached hydrogen (secondary N) is 2. The fourth-order valence-corrected chi connectivity index (χ4v) is 3.01. The number of methoxy groups -OCH3 is 2. The van der Waals surface area contributed by atoms with Gasteiger partial charge in [-0.05, 0) is 18.2 Å². The molecule has 0 bridgehead atoms. The van der Waals surface area contributed by atoms with Crippen LogP contribution in [0, 0.1) is 5.82 Å². The number of anilines is 3. The molecular weight excluding hydrogens is 389 g/mol. The van der Waals surface area contributed by atoms with Crippen LogP contribution < -0.4 is 25.8 Å². The number of nitrogens with zero attached hydrogens (tertiary/aromatic N) is 2. The van der Waals surface area contributed by atoms with Gasteiger partial charge in [0, 0.05) is 47.3 Å². The van der Waals surface area contributed by atoms with Gasteiger partial charge in [0.25, 0.3) is 0 Å². The lowest BCUT2D eigenvalue weighted by atomic mass is 9.99. The third kappa shape index (κ3) is 4.04. The van der Waals surface area contributed by atoms with Gasteiger partial charge in [-0.25, -0.2) is 9.37 Å². The molecule has 0 atom stereocenters. The van der Waals surface area contributed by atoms with Crippen molar-refractivity contribution in [1.29, 1.82) is 0 Å². The predicted octanol–water partition coefficient (Wildman–Crippen LogP) is 3.72. The van der Waals surface area contributed by atoms with Crippen LogP contribution in [0.4, 0.5) is 21.8 Å². The van der Waals surface area contributed by atoms with E-state index in [9.17, 15) is 4.39 Å². The van der Waals surface area contributed by atoms with E-state index in [0.29, 0.717) is 35.1 Å². The van der Waals surface area contributed by atoms with E-state index in [-0.39, 0.29) is 11.8 Å². The quantitative estimate of drug-likeness (QED) is 0.663. The minimum atomic E-state index is -0.582. The highest BCUT2D eigenvalue weighted by Gasteiger charge is 2.20. The number of aromatic nitrogens is 2. The molecule has 9 heteroatoms. The van der Waals surface area contributed by atoms with E-state index < -0.39 is 5.82 Å². The molecule has 4 N–H and O–H groups in total. The first-order chi connectivity index (χ1) is 14.6. The molecule has 0 amide bonds. The second kappa shape index (κ2) is 8.16. The summed E-state index contributed by atoms with van der Waals surface area (Å²) >= 11 is 0. The predicted molar refractivity (Wildman–Crippen MR) is 111 cm³/mol. The highest BCUT2D eigenvalue weighted by molar-refractivity contribution is 5.61. The smallest absolute Gasteiger partial charge is 0.229 e. The Labute approximate surface area is 172 Å². The molecule has 0 fully saturated rings. The second-order valence-corrected chi connectivity index (χ2v) is 6.50. The molecule has 4 rings (SSSR count). The highest BCUT2D eigenvalue weighted by atomic mass is 19.1. The molecule has 0 spiro atoms. The zero-order chi connectivity index (χ0) is 21.1. The van der Waals surface area contributed by atoms with E-state index in [4.69, 9.17) is 19.9 Å². The van der Waals surface area contributed by atoms with Crippen molar-refractivity contribution in [2.45, 2.75) is 6.42 Å². The largest absolute Gasteiger partial charge is 0.497 e. The van der Waals surface area contributed by atoms with Crippen molar-refractivity contribution in [3.8, 4) is 11.5 Å². The van der Waals surface area contributed by atoms with Gasteiger partial charge in [-0.3, -0.25) is 0 Å². The first-order valence-corrected chi connectivity index (χ1v) is 9.08. The van der Waals surface area contributed by atoms with Crippen LogP contribution >= 0.6 is 0 Å². The van der Waals surface area contributed by atoms with Gasteiger partial charge in [-0.2, -0.15) is 4.98 Å². The van der Waals surface area contributed by atoms with Gasteiger partial charge in [-0.1, -0.05) is 0 Å². The van der Waals surface area contributed by atoms with Crippen LogP contribution in [0.5, 0.6) is 11.5 Å². The molecule has 30 heavy (non-hydrogen) atoms. The van der Waals surface area contributed by atoms with Gasteiger partial charge < -0.3 is 30.6 Å². The summed E-state index contributed by atoms with van der Waals surface area (Å²) in [5.41, 5.74) is 8.82. The molecule has 0 saturated heterocycles. The SMILES string of the molecule is COc1cc(Nc2ncc(F)c(NC3=CC=C4OC=CC(N)=C4C3)n2)cc(OC)c1. The summed E-state index contributed by atoms with van der Waals surface area (Å²) in [6, 6.07) is 5.25. The summed E-state index contributed by atoms with van der Waals surface area (Å²) in [4.78, 5) is 8.26. The summed E-state index contributed by atoms with van der Waals surface area (Å²) in [6.45, 7) is 0. The molecule has 154 valence electrons. The highest BCUT2D eigenvalue weighted by Crippen LogP contribution is 2.31. The van der Waals surface area contributed by atoms with Gasteiger partial charge in [0.15, 0.2) is 11.6 Å². The molecule has 1 aliphatic heterocycles. The van der Waals surface area contributed by atoms with Crippen molar-refractivity contribution in [3.63, 3.8) is 0 Å². The van der Waals surface area contributed by atoms with Gasteiger partial charge in [0.1, 0.15) is 17.3 Å². The van der Waals surface area contributed by atoms with Crippen LogP contribution in [0.25, 0.3) is 0 Å². The topological polar surface area (TPSA) is 104 Å². The minimum absolute atomic E-state index is 0.0388. The lowest BCUT2D eigenvalue weighted by Gasteiger charge is -2.22. The molecule has 0 radical (unpaired) electrons. The molecule has 2 heterocycles. The molecule has 0 unspecified atom stereocenters. The number of rotatable bonds is 6. The number of halogens is 1. The first kappa shape index (κ1) is 19.3. The van der Waals surface area contributed by atoms with E-state index in [1.54, 1.807) is 50.6 Å². The number of fused-ring (bicyclic) bond motifs is 1. The van der Waals surface area contributed by atoms with E-state index in [1.807, 2.05) is 0 Å². The fraction of sp³-hybridized carbons (Fsp3) is 0.143. The standard InChI is InChI=1S/C21H20FN5O3/c1-28-14-7-13(8-15(10-14)29-2)26-21-24-11-17(22)20(27-21)25-12-3-4-19-16(9-12)18(23)5-6-30-19/h3-8,10-11H,9,23H2,1-2H3,(H2,24,25,26,27). The molecule has 0 saturated carbocycles. The lowest BCUT2D eigenvalue weighted by Crippen LogP contribution is -2.14. The molecule has 1 aromatic heterocycles. The normalized spacial score (nSPS) is 14.9. The molecule has 1 aliphatic carbocycles. The lowest BCUT2D eigenvalue weighted by molar-refractivity contribution is 0.351. The number of nitrogens with two attached hydrogens (primary N) is 1. The van der Waals surface area contributed by atoms with Crippen LogP contribution in [-0.4, -0.2) is 24.2 Å². The Morgan fingerprint density at radius 2 is 1.87 bits per heavy atom. The van der Waals surface area contributed by atoms with Gasteiger partial charge in [-0.15, -0.1) is 0 Å². The third-order valence-corrected chi connectivity index (χ3v) is 4.52. The molecule has 2 aromatic rings. The number of hydrogen-bond donors (Lipinski definition) is 3. The van der Waals surface area contributed by atoms with Crippen molar-refractivity contribution in [2.24, 2.45) is 5.73 Å². The Morgan fingerprint density at radius 3 is 2.60 bits per heavy atom. The van der Waals surface area contributed by atoms with Gasteiger partial charge in [0.2, 0.25) is 5.95 Å². The number of benzene rings is 1. The Bertz CT molecular complexity index is 1090. The molecule has 8 nitrogen and oxygen atoms in total. The number of hydrogen-bond acceptors (Lipinski definition) is 8.